The van der Waals surface area contributed by atoms with Crippen LogP contribution in [0, 0.1) is 0 Å². The van der Waals surface area contributed by atoms with Crippen LogP contribution in [0.4, 0.5) is 5.69 Å². The van der Waals surface area contributed by atoms with Crippen LogP contribution in [0.2, 0.25) is 0 Å². The number of methoxy groups -OCH3 is 1. The van der Waals surface area contributed by atoms with Gasteiger partial charge in [-0.05, 0) is 30.2 Å². The van der Waals surface area contributed by atoms with Gasteiger partial charge in [-0.2, -0.15) is 0 Å². The first kappa shape index (κ1) is 17.2. The summed E-state index contributed by atoms with van der Waals surface area (Å²) in [6, 6.07) is 16.2. The quantitative estimate of drug-likeness (QED) is 0.823. The summed E-state index contributed by atoms with van der Waals surface area (Å²) in [4.78, 5) is 27.3. The summed E-state index contributed by atoms with van der Waals surface area (Å²) in [6.45, 7) is 1.13. The van der Waals surface area contributed by atoms with Crippen molar-refractivity contribution in [3.05, 3.63) is 65.7 Å². The molecule has 2 aromatic carbocycles. The summed E-state index contributed by atoms with van der Waals surface area (Å²) in [5.41, 5.74) is 2.41. The van der Waals surface area contributed by atoms with Crippen LogP contribution >= 0.6 is 0 Å². The number of carbonyl (C=O) groups is 2. The van der Waals surface area contributed by atoms with Crippen LogP contribution in [0.1, 0.15) is 22.3 Å². The molecule has 0 radical (unpaired) electrons. The van der Waals surface area contributed by atoms with Crippen molar-refractivity contribution in [1.29, 1.82) is 0 Å². The van der Waals surface area contributed by atoms with Gasteiger partial charge in [0.1, 0.15) is 6.04 Å². The summed E-state index contributed by atoms with van der Waals surface area (Å²) in [7, 11) is 1.63. The fourth-order valence-electron chi connectivity index (χ4n) is 3.11. The topological polar surface area (TPSA) is 58.6 Å². The van der Waals surface area contributed by atoms with Crippen molar-refractivity contribution in [1.82, 2.24) is 5.32 Å². The second kappa shape index (κ2) is 7.94. The lowest BCUT2D eigenvalue weighted by atomic mass is 10.1. The minimum absolute atomic E-state index is 0.128. The zero-order chi connectivity index (χ0) is 17.6. The highest BCUT2D eigenvalue weighted by Crippen LogP contribution is 2.33. The SMILES string of the molecule is COCCCNC(=O)C1Cc2ccccc2N1C(=O)c1ccccc1. The maximum Gasteiger partial charge on any atom is 0.259 e. The largest absolute Gasteiger partial charge is 0.385 e. The summed E-state index contributed by atoms with van der Waals surface area (Å²) in [5, 5.41) is 2.92. The molecule has 25 heavy (non-hydrogen) atoms. The standard InChI is InChI=1S/C20H22N2O3/c1-25-13-7-12-21-19(23)18-14-16-10-5-6-11-17(16)22(18)20(24)15-8-3-2-4-9-15/h2-6,8-11,18H,7,12-14H2,1H3,(H,21,23). The Morgan fingerprint density at radius 3 is 2.60 bits per heavy atom. The zero-order valence-corrected chi connectivity index (χ0v) is 14.3. The molecule has 0 aliphatic carbocycles. The average Bonchev–Trinajstić information content (AvgIpc) is 3.05. The lowest BCUT2D eigenvalue weighted by molar-refractivity contribution is -0.122. The predicted octanol–water partition coefficient (Wildman–Crippen LogP) is 2.41. The lowest BCUT2D eigenvalue weighted by Crippen LogP contribution is -2.48. The second-order valence-electron chi connectivity index (χ2n) is 6.03. The van der Waals surface area contributed by atoms with E-state index in [1.807, 2.05) is 42.5 Å². The molecule has 0 aromatic heterocycles. The first-order chi connectivity index (χ1) is 12.2. The number of para-hydroxylation sites is 1. The molecule has 1 heterocycles. The third-order valence-electron chi connectivity index (χ3n) is 4.34. The molecule has 1 aliphatic rings. The predicted molar refractivity (Wildman–Crippen MR) is 96.7 cm³/mol. The van der Waals surface area contributed by atoms with Crippen LogP contribution in [-0.2, 0) is 16.0 Å². The van der Waals surface area contributed by atoms with Crippen LogP contribution in [0.3, 0.4) is 0 Å². The second-order valence-corrected chi connectivity index (χ2v) is 6.03. The first-order valence-corrected chi connectivity index (χ1v) is 8.45. The lowest BCUT2D eigenvalue weighted by Gasteiger charge is -2.25. The van der Waals surface area contributed by atoms with Gasteiger partial charge in [-0.3, -0.25) is 14.5 Å². The number of carbonyl (C=O) groups excluding carboxylic acids is 2. The van der Waals surface area contributed by atoms with Crippen molar-refractivity contribution in [3.8, 4) is 0 Å². The van der Waals surface area contributed by atoms with E-state index in [4.69, 9.17) is 4.74 Å². The van der Waals surface area contributed by atoms with Crippen LogP contribution in [-0.4, -0.2) is 38.1 Å². The monoisotopic (exact) mass is 338 g/mol. The molecular formula is C20H22N2O3. The van der Waals surface area contributed by atoms with Gasteiger partial charge in [-0.15, -0.1) is 0 Å². The number of rotatable bonds is 6. The molecule has 3 rings (SSSR count). The Morgan fingerprint density at radius 2 is 1.84 bits per heavy atom. The van der Waals surface area contributed by atoms with E-state index in [1.54, 1.807) is 24.1 Å². The van der Waals surface area contributed by atoms with Gasteiger partial charge >= 0.3 is 0 Å². The summed E-state index contributed by atoms with van der Waals surface area (Å²) >= 11 is 0. The summed E-state index contributed by atoms with van der Waals surface area (Å²) in [6.07, 6.45) is 1.28. The normalized spacial score (nSPS) is 15.7. The molecule has 1 aliphatic heterocycles. The molecule has 0 saturated heterocycles. The molecule has 0 saturated carbocycles. The van der Waals surface area contributed by atoms with Gasteiger partial charge in [0.2, 0.25) is 5.91 Å². The van der Waals surface area contributed by atoms with E-state index < -0.39 is 6.04 Å². The molecule has 0 fully saturated rings. The van der Waals surface area contributed by atoms with Gasteiger partial charge in [0.25, 0.3) is 5.91 Å². The summed E-state index contributed by atoms with van der Waals surface area (Å²) < 4.78 is 5.00. The van der Waals surface area contributed by atoms with E-state index in [0.29, 0.717) is 25.1 Å². The number of hydrogen-bond acceptors (Lipinski definition) is 3. The fraction of sp³-hybridized carbons (Fsp3) is 0.300. The number of ether oxygens (including phenoxy) is 1. The van der Waals surface area contributed by atoms with Crippen molar-refractivity contribution in [2.75, 3.05) is 25.2 Å². The number of anilines is 1. The molecule has 5 nitrogen and oxygen atoms in total. The molecule has 0 spiro atoms. The number of amides is 2. The van der Waals surface area contributed by atoms with E-state index >= 15 is 0 Å². The van der Waals surface area contributed by atoms with Crippen molar-refractivity contribution in [2.24, 2.45) is 0 Å². The smallest absolute Gasteiger partial charge is 0.259 e. The third-order valence-corrected chi connectivity index (χ3v) is 4.34. The van der Waals surface area contributed by atoms with Gasteiger partial charge in [0, 0.05) is 37.9 Å². The third kappa shape index (κ3) is 3.72. The number of nitrogens with one attached hydrogen (secondary N) is 1. The maximum absolute atomic E-state index is 13.0. The highest BCUT2D eigenvalue weighted by atomic mass is 16.5. The van der Waals surface area contributed by atoms with E-state index in [9.17, 15) is 9.59 Å². The van der Waals surface area contributed by atoms with Crippen LogP contribution in [0.15, 0.2) is 54.6 Å². The first-order valence-electron chi connectivity index (χ1n) is 8.45. The Hall–Kier alpha value is -2.66. The summed E-state index contributed by atoms with van der Waals surface area (Å²) in [5.74, 6) is -0.279. The molecule has 2 aromatic rings. The number of benzene rings is 2. The number of fused-ring (bicyclic) bond motifs is 1. The van der Waals surface area contributed by atoms with Gasteiger partial charge in [-0.1, -0.05) is 36.4 Å². The van der Waals surface area contributed by atoms with E-state index in [1.165, 1.54) is 0 Å². The van der Waals surface area contributed by atoms with Gasteiger partial charge in [0.05, 0.1) is 0 Å². The Balaban J connectivity index is 1.82. The van der Waals surface area contributed by atoms with E-state index in [0.717, 1.165) is 17.7 Å². The number of hydrogen-bond donors (Lipinski definition) is 1. The van der Waals surface area contributed by atoms with Gasteiger partial charge < -0.3 is 10.1 Å². The Labute approximate surface area is 147 Å². The highest BCUT2D eigenvalue weighted by molar-refractivity contribution is 6.11. The molecule has 1 N–H and O–H groups in total. The van der Waals surface area contributed by atoms with E-state index in [2.05, 4.69) is 5.32 Å². The van der Waals surface area contributed by atoms with Crippen LogP contribution in [0.5, 0.6) is 0 Å². The van der Waals surface area contributed by atoms with Gasteiger partial charge in [0.15, 0.2) is 0 Å². The van der Waals surface area contributed by atoms with Gasteiger partial charge in [-0.25, -0.2) is 0 Å². The Morgan fingerprint density at radius 1 is 1.12 bits per heavy atom. The van der Waals surface area contributed by atoms with E-state index in [-0.39, 0.29) is 11.8 Å². The van der Waals surface area contributed by atoms with Crippen molar-refractivity contribution in [3.63, 3.8) is 0 Å². The van der Waals surface area contributed by atoms with Crippen molar-refractivity contribution < 1.29 is 14.3 Å². The Bertz CT molecular complexity index is 746. The molecule has 2 amide bonds. The molecule has 130 valence electrons. The minimum Gasteiger partial charge on any atom is -0.385 e. The fourth-order valence-corrected chi connectivity index (χ4v) is 3.11. The average molecular weight is 338 g/mol. The minimum atomic E-state index is -0.521. The number of nitrogens with zero attached hydrogens (tertiary/aromatic N) is 1. The molecule has 5 heteroatoms. The van der Waals surface area contributed by atoms with Crippen LogP contribution in [0.25, 0.3) is 0 Å². The van der Waals surface area contributed by atoms with Crippen molar-refractivity contribution >= 4 is 17.5 Å². The zero-order valence-electron chi connectivity index (χ0n) is 14.3. The Kier molecular flexibility index (Phi) is 5.46. The molecule has 1 atom stereocenters. The molecular weight excluding hydrogens is 316 g/mol. The van der Waals surface area contributed by atoms with Crippen molar-refractivity contribution in [2.45, 2.75) is 18.9 Å². The van der Waals surface area contributed by atoms with Crippen LogP contribution < -0.4 is 10.2 Å². The molecule has 0 bridgehead atoms. The highest BCUT2D eigenvalue weighted by Gasteiger charge is 2.38. The maximum atomic E-state index is 13.0. The molecule has 1 unspecified atom stereocenters.